The van der Waals surface area contributed by atoms with Crippen molar-refractivity contribution in [1.29, 1.82) is 0 Å². The van der Waals surface area contributed by atoms with E-state index in [1.54, 1.807) is 16.7 Å². The molecule has 29 heavy (non-hydrogen) atoms. The predicted octanol–water partition coefficient (Wildman–Crippen LogP) is 4.21. The number of ether oxygens (including phenoxy) is 1. The number of para-hydroxylation sites is 1. The van der Waals surface area contributed by atoms with Gasteiger partial charge in [0.05, 0.1) is 11.4 Å². The Labute approximate surface area is 174 Å². The molecule has 1 aliphatic heterocycles. The zero-order valence-corrected chi connectivity index (χ0v) is 17.5. The van der Waals surface area contributed by atoms with Crippen molar-refractivity contribution in [3.8, 4) is 17.1 Å². The van der Waals surface area contributed by atoms with E-state index in [9.17, 15) is 4.79 Å². The van der Waals surface area contributed by atoms with Crippen molar-refractivity contribution in [1.82, 2.24) is 19.7 Å². The van der Waals surface area contributed by atoms with Gasteiger partial charge < -0.3 is 9.30 Å². The summed E-state index contributed by atoms with van der Waals surface area (Å²) in [6, 6.07) is 11.5. The fourth-order valence-electron chi connectivity index (χ4n) is 3.34. The van der Waals surface area contributed by atoms with E-state index < -0.39 is 6.23 Å². The van der Waals surface area contributed by atoms with Gasteiger partial charge in [-0.3, -0.25) is 9.69 Å². The highest BCUT2D eigenvalue weighted by Gasteiger charge is 2.35. The monoisotopic (exact) mass is 409 g/mol. The van der Waals surface area contributed by atoms with Gasteiger partial charge in [-0.2, -0.15) is 4.98 Å². The van der Waals surface area contributed by atoms with Gasteiger partial charge in [-0.05, 0) is 24.6 Å². The summed E-state index contributed by atoms with van der Waals surface area (Å²) in [6.07, 6.45) is 3.47. The Kier molecular flexibility index (Phi) is 5.53. The number of unbranched alkanes of at least 4 members (excludes halogenated alkanes) is 1. The Morgan fingerprint density at radius 1 is 1.21 bits per heavy atom. The van der Waals surface area contributed by atoms with Crippen LogP contribution >= 0.6 is 11.8 Å². The van der Waals surface area contributed by atoms with E-state index in [4.69, 9.17) is 4.74 Å². The molecule has 0 aliphatic carbocycles. The van der Waals surface area contributed by atoms with Crippen LogP contribution in [0.2, 0.25) is 0 Å². The Hall–Kier alpha value is -2.87. The van der Waals surface area contributed by atoms with E-state index in [0.717, 1.165) is 35.5 Å². The molecule has 1 aromatic carbocycles. The number of aryl methyl sites for hydroxylation is 1. The summed E-state index contributed by atoms with van der Waals surface area (Å²) in [5.41, 5.74) is 2.90. The number of anilines is 1. The van der Waals surface area contributed by atoms with Crippen LogP contribution in [-0.4, -0.2) is 31.4 Å². The molecule has 1 unspecified atom stereocenters. The van der Waals surface area contributed by atoms with Crippen LogP contribution in [0.5, 0.6) is 5.88 Å². The summed E-state index contributed by atoms with van der Waals surface area (Å²) in [4.78, 5) is 19.0. The maximum atomic E-state index is 12.7. The van der Waals surface area contributed by atoms with Crippen molar-refractivity contribution in [3.63, 3.8) is 0 Å². The first kappa shape index (κ1) is 19.4. The highest BCUT2D eigenvalue weighted by Crippen LogP contribution is 2.43. The molecule has 1 atom stereocenters. The van der Waals surface area contributed by atoms with Gasteiger partial charge in [0.1, 0.15) is 0 Å². The highest BCUT2D eigenvalue weighted by atomic mass is 32.2. The second-order valence-corrected chi connectivity index (χ2v) is 7.93. The molecule has 1 amide bonds. The van der Waals surface area contributed by atoms with Crippen LogP contribution in [0.3, 0.4) is 0 Å². The maximum absolute atomic E-state index is 12.7. The molecule has 3 aromatic rings. The highest BCUT2D eigenvalue weighted by molar-refractivity contribution is 7.99. The number of amides is 1. The summed E-state index contributed by atoms with van der Waals surface area (Å²) in [5, 5.41) is 9.30. The van der Waals surface area contributed by atoms with Crippen molar-refractivity contribution >= 4 is 23.4 Å². The van der Waals surface area contributed by atoms with Gasteiger partial charge in [-0.1, -0.05) is 43.3 Å². The molecule has 0 N–H and O–H groups in total. The minimum atomic E-state index is -0.653. The Morgan fingerprint density at radius 3 is 2.76 bits per heavy atom. The third-order valence-corrected chi connectivity index (χ3v) is 5.74. The number of hydrogen-bond acceptors (Lipinski definition) is 6. The molecule has 150 valence electrons. The number of thioether (sulfide) groups is 1. The third-order valence-electron chi connectivity index (χ3n) is 4.82. The summed E-state index contributed by atoms with van der Waals surface area (Å²) >= 11 is 1.56. The Balaban J connectivity index is 1.86. The molecule has 0 saturated carbocycles. The minimum Gasteiger partial charge on any atom is -0.445 e. The average molecular weight is 410 g/mol. The number of aromatic nitrogens is 4. The molecule has 0 saturated heterocycles. The molecule has 2 aromatic heterocycles. The summed E-state index contributed by atoms with van der Waals surface area (Å²) < 4.78 is 8.29. The molecular weight excluding hydrogens is 386 g/mol. The van der Waals surface area contributed by atoms with Crippen LogP contribution < -0.4 is 9.64 Å². The summed E-state index contributed by atoms with van der Waals surface area (Å²) in [6.45, 7) is 3.69. The molecule has 7 nitrogen and oxygen atoms in total. The molecule has 0 radical (unpaired) electrons. The topological polar surface area (TPSA) is 73.1 Å². The number of carbonyl (C=O) groups excluding carboxylic acids is 1. The number of carbonyl (C=O) groups is 1. The fraction of sp³-hybridized carbons (Fsp3) is 0.333. The lowest BCUT2D eigenvalue weighted by Crippen LogP contribution is -2.37. The number of benzene rings is 1. The van der Waals surface area contributed by atoms with Gasteiger partial charge in [0, 0.05) is 31.5 Å². The van der Waals surface area contributed by atoms with Crippen LogP contribution in [0.15, 0.2) is 47.8 Å². The first-order chi connectivity index (χ1) is 14.1. The second kappa shape index (κ2) is 8.24. The minimum absolute atomic E-state index is 0.123. The summed E-state index contributed by atoms with van der Waals surface area (Å²) in [7, 11) is 1.93. The van der Waals surface area contributed by atoms with Crippen LogP contribution in [0.1, 0.15) is 38.6 Å². The Morgan fingerprint density at radius 2 is 2.03 bits per heavy atom. The molecule has 0 fully saturated rings. The SMILES string of the molecule is CCCCSc1nnc2c(n1)OC(c1cccn1C)N(C(C)=O)c1ccccc1-2. The van der Waals surface area contributed by atoms with E-state index in [2.05, 4.69) is 22.1 Å². The van der Waals surface area contributed by atoms with Gasteiger partial charge in [0.25, 0.3) is 0 Å². The van der Waals surface area contributed by atoms with Gasteiger partial charge in [-0.15, -0.1) is 10.2 Å². The zero-order chi connectivity index (χ0) is 20.4. The molecule has 3 heterocycles. The number of hydrogen-bond donors (Lipinski definition) is 0. The third kappa shape index (κ3) is 3.72. The molecule has 1 aliphatic rings. The normalized spacial score (nSPS) is 15.3. The van der Waals surface area contributed by atoms with Crippen LogP contribution in [0, 0.1) is 0 Å². The van der Waals surface area contributed by atoms with Crippen LogP contribution in [0.4, 0.5) is 5.69 Å². The van der Waals surface area contributed by atoms with E-state index in [1.807, 2.05) is 54.2 Å². The molecular formula is C21H23N5O2S. The van der Waals surface area contributed by atoms with E-state index >= 15 is 0 Å². The van der Waals surface area contributed by atoms with Crippen LogP contribution in [-0.2, 0) is 11.8 Å². The lowest BCUT2D eigenvalue weighted by Gasteiger charge is -2.29. The van der Waals surface area contributed by atoms with Crippen LogP contribution in [0.25, 0.3) is 11.3 Å². The van der Waals surface area contributed by atoms with Gasteiger partial charge in [-0.25, -0.2) is 0 Å². The lowest BCUT2D eigenvalue weighted by atomic mass is 10.1. The van der Waals surface area contributed by atoms with Gasteiger partial charge >= 0.3 is 0 Å². The number of rotatable bonds is 5. The van der Waals surface area contributed by atoms with Crippen molar-refractivity contribution in [2.75, 3.05) is 10.7 Å². The van der Waals surface area contributed by atoms with E-state index in [1.165, 1.54) is 6.92 Å². The largest absolute Gasteiger partial charge is 0.445 e. The molecule has 0 bridgehead atoms. The van der Waals surface area contributed by atoms with E-state index in [-0.39, 0.29) is 5.91 Å². The average Bonchev–Trinajstić information content (AvgIpc) is 3.07. The molecule has 0 spiro atoms. The lowest BCUT2D eigenvalue weighted by molar-refractivity contribution is -0.118. The summed E-state index contributed by atoms with van der Waals surface area (Å²) in [5.74, 6) is 1.19. The van der Waals surface area contributed by atoms with Crippen molar-refractivity contribution < 1.29 is 9.53 Å². The fourth-order valence-corrected chi connectivity index (χ4v) is 4.21. The van der Waals surface area contributed by atoms with Crippen molar-refractivity contribution in [2.45, 2.75) is 38.1 Å². The standard InChI is InChI=1S/C21H23N5O2S/c1-4-5-13-29-21-22-19-18(23-24-21)15-9-6-7-10-16(15)26(14(2)27)20(28-19)17-11-8-12-25(17)3/h6-12,20H,4-5,13H2,1-3H3. The number of nitrogens with zero attached hydrogens (tertiary/aromatic N) is 5. The molecule has 4 rings (SSSR count). The number of fused-ring (bicyclic) bond motifs is 3. The van der Waals surface area contributed by atoms with Gasteiger partial charge in [0.2, 0.25) is 23.2 Å². The zero-order valence-electron chi connectivity index (χ0n) is 16.7. The quantitative estimate of drug-likeness (QED) is 0.464. The Bertz CT molecular complexity index is 1040. The predicted molar refractivity (Wildman–Crippen MR) is 113 cm³/mol. The first-order valence-electron chi connectivity index (χ1n) is 9.64. The van der Waals surface area contributed by atoms with Crippen molar-refractivity contribution in [3.05, 3.63) is 48.3 Å². The smallest absolute Gasteiger partial charge is 0.247 e. The van der Waals surface area contributed by atoms with E-state index in [0.29, 0.717) is 16.7 Å². The molecule has 8 heteroatoms. The first-order valence-corrected chi connectivity index (χ1v) is 10.6. The maximum Gasteiger partial charge on any atom is 0.247 e. The van der Waals surface area contributed by atoms with Crippen molar-refractivity contribution in [2.24, 2.45) is 7.05 Å². The second-order valence-electron chi connectivity index (χ2n) is 6.87. The van der Waals surface area contributed by atoms with Gasteiger partial charge in [0.15, 0.2) is 5.69 Å².